The van der Waals surface area contributed by atoms with Crippen LogP contribution in [0.3, 0.4) is 0 Å². The smallest absolute Gasteiger partial charge is 0.339 e. The molecule has 0 aromatic heterocycles. The number of hydrogen-bond acceptors (Lipinski definition) is 2. The van der Waals surface area contributed by atoms with E-state index in [-0.39, 0.29) is 5.56 Å². The van der Waals surface area contributed by atoms with Gasteiger partial charge in [0.25, 0.3) is 0 Å². The van der Waals surface area contributed by atoms with Crippen molar-refractivity contribution in [2.75, 3.05) is 6.61 Å². The van der Waals surface area contributed by atoms with Crippen LogP contribution in [0.25, 0.3) is 0 Å². The molecule has 0 atom stereocenters. The van der Waals surface area contributed by atoms with E-state index in [4.69, 9.17) is 21.4 Å². The Kier molecular flexibility index (Phi) is 4.48. The normalized spacial score (nSPS) is 15.8. The lowest BCUT2D eigenvalue weighted by Gasteiger charge is -2.12. The molecule has 1 aliphatic carbocycles. The van der Waals surface area contributed by atoms with Crippen LogP contribution >= 0.6 is 11.6 Å². The molecule has 1 N–H and O–H groups in total. The molecule has 1 saturated carbocycles. The summed E-state index contributed by atoms with van der Waals surface area (Å²) >= 11 is 5.85. The van der Waals surface area contributed by atoms with Crippen LogP contribution in [0.15, 0.2) is 18.2 Å². The number of carboxylic acid groups (broad SMARTS) is 1. The molecular formula is C14H17ClO3. The van der Waals surface area contributed by atoms with E-state index in [2.05, 4.69) is 0 Å². The zero-order valence-corrected chi connectivity index (χ0v) is 10.9. The van der Waals surface area contributed by atoms with Crippen LogP contribution in [0.2, 0.25) is 5.02 Å². The highest BCUT2D eigenvalue weighted by molar-refractivity contribution is 6.30. The van der Waals surface area contributed by atoms with Gasteiger partial charge in [0.1, 0.15) is 11.3 Å². The van der Waals surface area contributed by atoms with Crippen LogP contribution in [0.4, 0.5) is 0 Å². The van der Waals surface area contributed by atoms with Gasteiger partial charge in [-0.25, -0.2) is 4.79 Å². The SMILES string of the molecule is O=C(O)c1ccc(Cl)cc1OCCC1CCCC1. The third-order valence-corrected chi connectivity index (χ3v) is 3.67. The topological polar surface area (TPSA) is 46.5 Å². The molecule has 98 valence electrons. The highest BCUT2D eigenvalue weighted by Gasteiger charge is 2.16. The summed E-state index contributed by atoms with van der Waals surface area (Å²) in [5.74, 6) is 0.119. The summed E-state index contributed by atoms with van der Waals surface area (Å²) in [5.41, 5.74) is 0.172. The van der Waals surface area contributed by atoms with Gasteiger partial charge in [0.15, 0.2) is 0 Å². The third kappa shape index (κ3) is 3.39. The molecule has 0 spiro atoms. The molecule has 1 aliphatic rings. The Morgan fingerprint density at radius 1 is 1.39 bits per heavy atom. The molecule has 4 heteroatoms. The zero-order valence-electron chi connectivity index (χ0n) is 10.2. The first-order valence-electron chi connectivity index (χ1n) is 6.32. The number of aromatic carboxylic acids is 1. The van der Waals surface area contributed by atoms with Crippen molar-refractivity contribution in [2.45, 2.75) is 32.1 Å². The average molecular weight is 269 g/mol. The molecule has 0 amide bonds. The number of carbonyl (C=O) groups is 1. The van der Waals surface area contributed by atoms with Crippen molar-refractivity contribution in [3.05, 3.63) is 28.8 Å². The molecule has 0 radical (unpaired) electrons. The van der Waals surface area contributed by atoms with E-state index in [1.807, 2.05) is 0 Å². The summed E-state index contributed by atoms with van der Waals surface area (Å²) in [4.78, 5) is 11.0. The molecule has 0 saturated heterocycles. The summed E-state index contributed by atoms with van der Waals surface area (Å²) in [7, 11) is 0. The first-order chi connectivity index (χ1) is 8.66. The predicted molar refractivity (Wildman–Crippen MR) is 70.5 cm³/mol. The molecule has 18 heavy (non-hydrogen) atoms. The maximum atomic E-state index is 11.0. The second-order valence-corrected chi connectivity index (χ2v) is 5.17. The first-order valence-corrected chi connectivity index (χ1v) is 6.70. The highest BCUT2D eigenvalue weighted by atomic mass is 35.5. The number of carboxylic acids is 1. The van der Waals surface area contributed by atoms with Crippen LogP contribution in [0, 0.1) is 5.92 Å². The van der Waals surface area contributed by atoms with Gasteiger partial charge in [-0.05, 0) is 30.5 Å². The summed E-state index contributed by atoms with van der Waals surface area (Å²) in [6.45, 7) is 0.561. The van der Waals surface area contributed by atoms with Crippen LogP contribution in [-0.2, 0) is 0 Å². The summed E-state index contributed by atoms with van der Waals surface area (Å²) in [5, 5.41) is 9.54. The Bertz CT molecular complexity index is 425. The minimum absolute atomic E-state index is 0.172. The third-order valence-electron chi connectivity index (χ3n) is 3.43. The predicted octanol–water partition coefficient (Wildman–Crippen LogP) is 4.00. The fourth-order valence-electron chi connectivity index (χ4n) is 2.43. The minimum atomic E-state index is -0.984. The Hall–Kier alpha value is -1.22. The average Bonchev–Trinajstić information content (AvgIpc) is 2.82. The summed E-state index contributed by atoms with van der Waals surface area (Å²) in [6.07, 6.45) is 6.14. The molecule has 1 aromatic rings. The Morgan fingerprint density at radius 3 is 2.78 bits per heavy atom. The molecule has 3 nitrogen and oxygen atoms in total. The lowest BCUT2D eigenvalue weighted by molar-refractivity contribution is 0.0692. The van der Waals surface area contributed by atoms with Crippen molar-refractivity contribution in [3.8, 4) is 5.75 Å². The molecule has 0 aliphatic heterocycles. The van der Waals surface area contributed by atoms with Gasteiger partial charge in [-0.2, -0.15) is 0 Å². The van der Waals surface area contributed by atoms with Gasteiger partial charge in [-0.3, -0.25) is 0 Å². The Balaban J connectivity index is 1.94. The number of benzene rings is 1. The number of halogens is 1. The van der Waals surface area contributed by atoms with Crippen molar-refractivity contribution in [1.82, 2.24) is 0 Å². The van der Waals surface area contributed by atoms with Crippen molar-refractivity contribution < 1.29 is 14.6 Å². The van der Waals surface area contributed by atoms with Gasteiger partial charge in [-0.1, -0.05) is 37.3 Å². The molecule has 1 aromatic carbocycles. The van der Waals surface area contributed by atoms with E-state index in [0.29, 0.717) is 17.4 Å². The minimum Gasteiger partial charge on any atom is -0.493 e. The Labute approximate surface area is 112 Å². The standard InChI is InChI=1S/C14H17ClO3/c15-11-5-6-12(14(16)17)13(9-11)18-8-7-10-3-1-2-4-10/h5-6,9-10H,1-4,7-8H2,(H,16,17). The van der Waals surface area contributed by atoms with Gasteiger partial charge in [0.05, 0.1) is 6.61 Å². The van der Waals surface area contributed by atoms with E-state index in [1.54, 1.807) is 12.1 Å². The fourth-order valence-corrected chi connectivity index (χ4v) is 2.59. The largest absolute Gasteiger partial charge is 0.493 e. The number of rotatable bonds is 5. The van der Waals surface area contributed by atoms with Gasteiger partial charge < -0.3 is 9.84 Å². The fraction of sp³-hybridized carbons (Fsp3) is 0.500. The lowest BCUT2D eigenvalue weighted by Crippen LogP contribution is -2.07. The molecular weight excluding hydrogens is 252 g/mol. The van der Waals surface area contributed by atoms with Crippen LogP contribution < -0.4 is 4.74 Å². The van der Waals surface area contributed by atoms with Gasteiger partial charge >= 0.3 is 5.97 Å². The van der Waals surface area contributed by atoms with Gasteiger partial charge in [0, 0.05) is 5.02 Å². The van der Waals surface area contributed by atoms with E-state index >= 15 is 0 Å². The van der Waals surface area contributed by atoms with Crippen LogP contribution in [-0.4, -0.2) is 17.7 Å². The highest BCUT2D eigenvalue weighted by Crippen LogP contribution is 2.28. The number of hydrogen-bond donors (Lipinski definition) is 1. The maximum absolute atomic E-state index is 11.0. The second-order valence-electron chi connectivity index (χ2n) is 4.73. The first kappa shape index (κ1) is 13.2. The van der Waals surface area contributed by atoms with E-state index in [0.717, 1.165) is 12.3 Å². The van der Waals surface area contributed by atoms with Gasteiger partial charge in [-0.15, -0.1) is 0 Å². The lowest BCUT2D eigenvalue weighted by atomic mass is 10.1. The quantitative estimate of drug-likeness (QED) is 0.878. The Morgan fingerprint density at radius 2 is 2.11 bits per heavy atom. The van der Waals surface area contributed by atoms with E-state index in [1.165, 1.54) is 31.7 Å². The zero-order chi connectivity index (χ0) is 13.0. The van der Waals surface area contributed by atoms with Crippen molar-refractivity contribution in [2.24, 2.45) is 5.92 Å². The monoisotopic (exact) mass is 268 g/mol. The maximum Gasteiger partial charge on any atom is 0.339 e. The molecule has 0 heterocycles. The molecule has 0 bridgehead atoms. The molecule has 2 rings (SSSR count). The van der Waals surface area contributed by atoms with Crippen molar-refractivity contribution in [1.29, 1.82) is 0 Å². The molecule has 1 fully saturated rings. The van der Waals surface area contributed by atoms with E-state index in [9.17, 15) is 4.79 Å². The summed E-state index contributed by atoms with van der Waals surface area (Å²) < 4.78 is 5.58. The van der Waals surface area contributed by atoms with Crippen LogP contribution in [0.1, 0.15) is 42.5 Å². The van der Waals surface area contributed by atoms with Crippen LogP contribution in [0.5, 0.6) is 5.75 Å². The molecule has 0 unspecified atom stereocenters. The van der Waals surface area contributed by atoms with Crippen molar-refractivity contribution in [3.63, 3.8) is 0 Å². The number of ether oxygens (including phenoxy) is 1. The van der Waals surface area contributed by atoms with E-state index < -0.39 is 5.97 Å². The second kappa shape index (κ2) is 6.10. The van der Waals surface area contributed by atoms with Gasteiger partial charge in [0.2, 0.25) is 0 Å². The van der Waals surface area contributed by atoms with Crippen molar-refractivity contribution >= 4 is 17.6 Å². The summed E-state index contributed by atoms with van der Waals surface area (Å²) in [6, 6.07) is 4.62.